The number of likely N-dealkylation sites (N-methyl/N-ethyl adjacent to an activating group) is 2. The van der Waals surface area contributed by atoms with Crippen molar-refractivity contribution in [2.75, 3.05) is 40.3 Å². The molecular formula is C18H28ClN3O2. The van der Waals surface area contributed by atoms with E-state index in [4.69, 9.17) is 0 Å². The Labute approximate surface area is 150 Å². The normalized spacial score (nSPS) is 17.1. The van der Waals surface area contributed by atoms with Gasteiger partial charge in [0.25, 0.3) is 0 Å². The Morgan fingerprint density at radius 2 is 2.00 bits per heavy atom. The lowest BCUT2D eigenvalue weighted by Crippen LogP contribution is -2.47. The Hall–Kier alpha value is -1.59. The summed E-state index contributed by atoms with van der Waals surface area (Å²) in [6.45, 7) is 2.79. The summed E-state index contributed by atoms with van der Waals surface area (Å²) in [5, 5.41) is 3.05. The molecule has 1 heterocycles. The van der Waals surface area contributed by atoms with Gasteiger partial charge in [0.15, 0.2) is 0 Å². The van der Waals surface area contributed by atoms with Gasteiger partial charge in [-0.3, -0.25) is 9.59 Å². The van der Waals surface area contributed by atoms with E-state index in [1.54, 1.807) is 4.90 Å². The van der Waals surface area contributed by atoms with Crippen molar-refractivity contribution in [2.24, 2.45) is 5.92 Å². The SMILES string of the molecule is CNCCN(C)C(=O)C1CCCN(C(=O)Cc2ccccc2)C1.Cl. The second kappa shape index (κ2) is 10.3. The monoisotopic (exact) mass is 353 g/mol. The molecule has 1 aliphatic heterocycles. The van der Waals surface area contributed by atoms with Gasteiger partial charge < -0.3 is 15.1 Å². The van der Waals surface area contributed by atoms with Crippen molar-refractivity contribution in [3.05, 3.63) is 35.9 Å². The Morgan fingerprint density at radius 3 is 2.67 bits per heavy atom. The van der Waals surface area contributed by atoms with Crippen molar-refractivity contribution in [1.29, 1.82) is 0 Å². The Kier molecular flexibility index (Phi) is 8.79. The van der Waals surface area contributed by atoms with Crippen molar-refractivity contribution >= 4 is 24.2 Å². The molecule has 134 valence electrons. The van der Waals surface area contributed by atoms with Crippen molar-refractivity contribution in [1.82, 2.24) is 15.1 Å². The van der Waals surface area contributed by atoms with Gasteiger partial charge in [-0.1, -0.05) is 30.3 Å². The number of likely N-dealkylation sites (tertiary alicyclic amines) is 1. The van der Waals surface area contributed by atoms with Crippen LogP contribution < -0.4 is 5.32 Å². The maximum absolute atomic E-state index is 12.5. The van der Waals surface area contributed by atoms with Gasteiger partial charge in [-0.25, -0.2) is 0 Å². The smallest absolute Gasteiger partial charge is 0.227 e. The maximum Gasteiger partial charge on any atom is 0.227 e. The van der Waals surface area contributed by atoms with E-state index in [0.717, 1.165) is 31.5 Å². The van der Waals surface area contributed by atoms with E-state index in [-0.39, 0.29) is 30.1 Å². The third-order valence-electron chi connectivity index (χ3n) is 4.39. The first-order chi connectivity index (χ1) is 11.1. The van der Waals surface area contributed by atoms with E-state index in [1.165, 1.54) is 0 Å². The molecule has 1 N–H and O–H groups in total. The van der Waals surface area contributed by atoms with Crippen LogP contribution in [0, 0.1) is 5.92 Å². The first-order valence-corrected chi connectivity index (χ1v) is 8.33. The quantitative estimate of drug-likeness (QED) is 0.844. The number of nitrogens with one attached hydrogen (secondary N) is 1. The Bertz CT molecular complexity index is 524. The van der Waals surface area contributed by atoms with Crippen LogP contribution in [0.4, 0.5) is 0 Å². The second-order valence-electron chi connectivity index (χ2n) is 6.20. The second-order valence-corrected chi connectivity index (χ2v) is 6.20. The van der Waals surface area contributed by atoms with Crippen LogP contribution in [0.5, 0.6) is 0 Å². The third kappa shape index (κ3) is 5.80. The molecule has 2 amide bonds. The zero-order chi connectivity index (χ0) is 16.7. The average Bonchev–Trinajstić information content (AvgIpc) is 2.60. The summed E-state index contributed by atoms with van der Waals surface area (Å²) < 4.78 is 0. The summed E-state index contributed by atoms with van der Waals surface area (Å²) >= 11 is 0. The summed E-state index contributed by atoms with van der Waals surface area (Å²) in [5.74, 6) is 0.203. The van der Waals surface area contributed by atoms with E-state index in [2.05, 4.69) is 5.32 Å². The molecule has 1 fully saturated rings. The van der Waals surface area contributed by atoms with Crippen molar-refractivity contribution in [3.8, 4) is 0 Å². The molecule has 1 aromatic rings. The number of benzene rings is 1. The minimum absolute atomic E-state index is 0. The van der Waals surface area contributed by atoms with Crippen LogP contribution in [-0.2, 0) is 16.0 Å². The fraction of sp³-hybridized carbons (Fsp3) is 0.556. The largest absolute Gasteiger partial charge is 0.344 e. The Morgan fingerprint density at radius 1 is 1.29 bits per heavy atom. The van der Waals surface area contributed by atoms with Crippen LogP contribution in [0.25, 0.3) is 0 Å². The third-order valence-corrected chi connectivity index (χ3v) is 4.39. The molecule has 5 nitrogen and oxygen atoms in total. The maximum atomic E-state index is 12.5. The van der Waals surface area contributed by atoms with Gasteiger partial charge in [-0.05, 0) is 25.5 Å². The van der Waals surface area contributed by atoms with Gasteiger partial charge in [0.2, 0.25) is 11.8 Å². The van der Waals surface area contributed by atoms with Gasteiger partial charge in [-0.15, -0.1) is 12.4 Å². The molecule has 0 radical (unpaired) electrons. The number of amides is 2. The molecule has 0 aliphatic carbocycles. The van der Waals surface area contributed by atoms with Gasteiger partial charge in [0.1, 0.15) is 0 Å². The molecule has 1 unspecified atom stereocenters. The Balaban J connectivity index is 0.00000288. The highest BCUT2D eigenvalue weighted by atomic mass is 35.5. The number of hydrogen-bond donors (Lipinski definition) is 1. The molecule has 24 heavy (non-hydrogen) atoms. The predicted molar refractivity (Wildman–Crippen MR) is 98.3 cm³/mol. The molecule has 0 aromatic heterocycles. The highest BCUT2D eigenvalue weighted by Gasteiger charge is 2.29. The number of piperidine rings is 1. The molecule has 6 heteroatoms. The van der Waals surface area contributed by atoms with Gasteiger partial charge in [0.05, 0.1) is 12.3 Å². The van der Waals surface area contributed by atoms with Gasteiger partial charge in [-0.2, -0.15) is 0 Å². The zero-order valence-electron chi connectivity index (χ0n) is 14.5. The van der Waals surface area contributed by atoms with E-state index < -0.39 is 0 Å². The minimum Gasteiger partial charge on any atom is -0.344 e. The molecule has 1 aromatic carbocycles. The van der Waals surface area contributed by atoms with Gasteiger partial charge >= 0.3 is 0 Å². The molecule has 0 spiro atoms. The summed E-state index contributed by atoms with van der Waals surface area (Å²) in [7, 11) is 3.72. The molecule has 1 saturated heterocycles. The van der Waals surface area contributed by atoms with Crippen LogP contribution in [-0.4, -0.2) is 61.9 Å². The number of hydrogen-bond acceptors (Lipinski definition) is 3. The predicted octanol–water partition coefficient (Wildman–Crippen LogP) is 1.57. The average molecular weight is 354 g/mol. The topological polar surface area (TPSA) is 52.7 Å². The molecule has 1 aliphatic rings. The van der Waals surface area contributed by atoms with Gasteiger partial charge in [0, 0.05) is 33.2 Å². The van der Waals surface area contributed by atoms with E-state index in [1.807, 2.05) is 49.3 Å². The number of nitrogens with zero attached hydrogens (tertiary/aromatic N) is 2. The standard InChI is InChI=1S/C18H27N3O2.ClH/c1-19-10-12-20(2)18(23)16-9-6-11-21(14-16)17(22)13-15-7-4-3-5-8-15;/h3-5,7-8,16,19H,6,9-14H2,1-2H3;1H. The molecule has 2 rings (SSSR count). The number of carbonyl (C=O) groups excluding carboxylic acids is 2. The fourth-order valence-corrected chi connectivity index (χ4v) is 2.99. The highest BCUT2D eigenvalue weighted by Crippen LogP contribution is 2.19. The highest BCUT2D eigenvalue weighted by molar-refractivity contribution is 5.85. The van der Waals surface area contributed by atoms with Crippen LogP contribution in [0.3, 0.4) is 0 Å². The van der Waals surface area contributed by atoms with Crippen LogP contribution >= 0.6 is 12.4 Å². The zero-order valence-corrected chi connectivity index (χ0v) is 15.3. The minimum atomic E-state index is -0.0645. The van der Waals surface area contributed by atoms with Crippen molar-refractivity contribution in [2.45, 2.75) is 19.3 Å². The molecular weight excluding hydrogens is 326 g/mol. The summed E-state index contributed by atoms with van der Waals surface area (Å²) in [4.78, 5) is 28.6. The van der Waals surface area contributed by atoms with Crippen LogP contribution in [0.2, 0.25) is 0 Å². The summed E-state index contributed by atoms with van der Waals surface area (Å²) in [6.07, 6.45) is 2.19. The number of halogens is 1. The molecule has 0 saturated carbocycles. The lowest BCUT2D eigenvalue weighted by Gasteiger charge is -2.34. The fourth-order valence-electron chi connectivity index (χ4n) is 2.99. The van der Waals surface area contributed by atoms with Crippen molar-refractivity contribution in [3.63, 3.8) is 0 Å². The lowest BCUT2D eigenvalue weighted by molar-refractivity contribution is -0.139. The van der Waals surface area contributed by atoms with E-state index in [9.17, 15) is 9.59 Å². The first-order valence-electron chi connectivity index (χ1n) is 8.33. The van der Waals surface area contributed by atoms with E-state index >= 15 is 0 Å². The van der Waals surface area contributed by atoms with E-state index in [0.29, 0.717) is 19.5 Å². The lowest BCUT2D eigenvalue weighted by atomic mass is 9.96. The van der Waals surface area contributed by atoms with Crippen molar-refractivity contribution < 1.29 is 9.59 Å². The summed E-state index contributed by atoms with van der Waals surface area (Å²) in [6, 6.07) is 9.78. The number of rotatable bonds is 6. The molecule has 0 bridgehead atoms. The first kappa shape index (κ1) is 20.5. The number of carbonyl (C=O) groups is 2. The van der Waals surface area contributed by atoms with Crippen LogP contribution in [0.15, 0.2) is 30.3 Å². The summed E-state index contributed by atoms with van der Waals surface area (Å²) in [5.41, 5.74) is 1.03. The van der Waals surface area contributed by atoms with Crippen LogP contribution in [0.1, 0.15) is 18.4 Å². The molecule has 1 atom stereocenters.